The van der Waals surface area contributed by atoms with Crippen molar-refractivity contribution in [1.82, 2.24) is 5.32 Å². The Balaban J connectivity index is 1.47. The molecule has 31 heavy (non-hydrogen) atoms. The van der Waals surface area contributed by atoms with Crippen LogP contribution in [0.15, 0.2) is 60.4 Å². The molecule has 0 spiro atoms. The Bertz CT molecular complexity index is 914. The van der Waals surface area contributed by atoms with Crippen LogP contribution in [0.4, 0.5) is 0 Å². The van der Waals surface area contributed by atoms with Gasteiger partial charge in [0.25, 0.3) is 5.91 Å². The first-order valence-electron chi connectivity index (χ1n) is 10.6. The summed E-state index contributed by atoms with van der Waals surface area (Å²) in [5, 5.41) is 11.9. The van der Waals surface area contributed by atoms with E-state index in [0.717, 1.165) is 23.3 Å². The monoisotopic (exact) mass is 425 g/mol. The molecule has 2 aromatic carbocycles. The summed E-state index contributed by atoms with van der Waals surface area (Å²) in [5.41, 5.74) is 2.02. The highest BCUT2D eigenvalue weighted by atomic mass is 16.7. The van der Waals surface area contributed by atoms with Gasteiger partial charge < -0.3 is 29.4 Å². The molecule has 2 N–H and O–H groups in total. The van der Waals surface area contributed by atoms with E-state index >= 15 is 0 Å². The highest BCUT2D eigenvalue weighted by Gasteiger charge is 2.29. The van der Waals surface area contributed by atoms with E-state index in [1.807, 2.05) is 54.6 Å². The molecule has 2 heterocycles. The van der Waals surface area contributed by atoms with Gasteiger partial charge in [0.1, 0.15) is 0 Å². The van der Waals surface area contributed by atoms with Crippen molar-refractivity contribution >= 4 is 5.91 Å². The molecule has 0 aromatic heterocycles. The van der Waals surface area contributed by atoms with Crippen LogP contribution in [0.5, 0.6) is 11.5 Å². The fraction of sp³-hybridized carbons (Fsp3) is 0.375. The summed E-state index contributed by atoms with van der Waals surface area (Å²) < 4.78 is 22.6. The van der Waals surface area contributed by atoms with E-state index in [1.165, 1.54) is 0 Å². The zero-order chi connectivity index (χ0) is 21.5. The van der Waals surface area contributed by atoms with Crippen LogP contribution in [0, 0.1) is 0 Å². The summed E-state index contributed by atoms with van der Waals surface area (Å²) in [5.74, 6) is 1.32. The third-order valence-electron chi connectivity index (χ3n) is 5.26. The minimum absolute atomic E-state index is 0.0661. The molecule has 1 amide bonds. The predicted molar refractivity (Wildman–Crippen MR) is 113 cm³/mol. The molecular formula is C24H27NO6. The minimum atomic E-state index is -0.545. The normalized spacial score (nSPS) is 19.5. The Hall–Kier alpha value is -3.03. The lowest BCUT2D eigenvalue weighted by Crippen LogP contribution is -2.32. The second kappa shape index (κ2) is 10.3. The number of carbonyl (C=O) groups excluding carboxylic acids is 1. The summed E-state index contributed by atoms with van der Waals surface area (Å²) in [4.78, 5) is 12.8. The lowest BCUT2D eigenvalue weighted by Gasteiger charge is -2.29. The van der Waals surface area contributed by atoms with E-state index in [-0.39, 0.29) is 31.0 Å². The predicted octanol–water partition coefficient (Wildman–Crippen LogP) is 3.23. The molecule has 7 heteroatoms. The van der Waals surface area contributed by atoms with Crippen molar-refractivity contribution in [3.63, 3.8) is 0 Å². The number of nitrogens with one attached hydrogen (secondary N) is 1. The van der Waals surface area contributed by atoms with Crippen molar-refractivity contribution in [3.05, 3.63) is 71.5 Å². The lowest BCUT2D eigenvalue weighted by atomic mass is 9.92. The van der Waals surface area contributed by atoms with Gasteiger partial charge in [0.05, 0.1) is 6.61 Å². The van der Waals surface area contributed by atoms with Crippen molar-refractivity contribution in [3.8, 4) is 11.5 Å². The summed E-state index contributed by atoms with van der Waals surface area (Å²) in [7, 11) is 0. The fourth-order valence-corrected chi connectivity index (χ4v) is 3.59. The Morgan fingerprint density at radius 1 is 1.10 bits per heavy atom. The number of amides is 1. The van der Waals surface area contributed by atoms with Gasteiger partial charge in [-0.15, -0.1) is 0 Å². The maximum atomic E-state index is 12.8. The number of ether oxygens (including phenoxy) is 4. The van der Waals surface area contributed by atoms with E-state index < -0.39 is 6.29 Å². The SMILES string of the molecule is O=C(NCc1ccccc1)C1=C[C@@H](c2ccc3c(c2)OCO3)C[C@@H](OCCCCO)O1. The maximum absolute atomic E-state index is 12.8. The van der Waals surface area contributed by atoms with Crippen molar-refractivity contribution < 1.29 is 28.8 Å². The van der Waals surface area contributed by atoms with Gasteiger partial charge in [-0.05, 0) is 42.2 Å². The molecule has 0 bridgehead atoms. The van der Waals surface area contributed by atoms with Gasteiger partial charge >= 0.3 is 0 Å². The molecule has 0 aliphatic carbocycles. The van der Waals surface area contributed by atoms with Gasteiger partial charge in [-0.2, -0.15) is 0 Å². The number of aliphatic hydroxyl groups is 1. The molecule has 2 aliphatic rings. The van der Waals surface area contributed by atoms with E-state index in [0.29, 0.717) is 31.7 Å². The average molecular weight is 425 g/mol. The highest BCUT2D eigenvalue weighted by Crippen LogP contribution is 2.38. The molecule has 0 unspecified atom stereocenters. The molecule has 0 saturated carbocycles. The molecule has 0 saturated heterocycles. The van der Waals surface area contributed by atoms with Crippen LogP contribution in [0.3, 0.4) is 0 Å². The number of unbranched alkanes of at least 4 members (excludes halogenated alkanes) is 1. The first kappa shape index (κ1) is 21.2. The maximum Gasteiger partial charge on any atom is 0.286 e. The smallest absolute Gasteiger partial charge is 0.286 e. The molecule has 7 nitrogen and oxygen atoms in total. The highest BCUT2D eigenvalue weighted by molar-refractivity contribution is 5.91. The van der Waals surface area contributed by atoms with E-state index in [1.54, 1.807) is 0 Å². The summed E-state index contributed by atoms with van der Waals surface area (Å²) in [6, 6.07) is 15.5. The number of allylic oxidation sites excluding steroid dienone is 1. The van der Waals surface area contributed by atoms with Gasteiger partial charge in [-0.3, -0.25) is 4.79 Å². The Labute approximate surface area is 181 Å². The number of carbonyl (C=O) groups is 1. The van der Waals surface area contributed by atoms with Crippen molar-refractivity contribution in [1.29, 1.82) is 0 Å². The van der Waals surface area contributed by atoms with Crippen LogP contribution in [0.2, 0.25) is 0 Å². The molecular weight excluding hydrogens is 398 g/mol. The largest absolute Gasteiger partial charge is 0.459 e. The second-order valence-electron chi connectivity index (χ2n) is 7.50. The van der Waals surface area contributed by atoms with Crippen LogP contribution < -0.4 is 14.8 Å². The van der Waals surface area contributed by atoms with Crippen LogP contribution in [0.1, 0.15) is 36.3 Å². The molecule has 2 aromatic rings. The van der Waals surface area contributed by atoms with Crippen LogP contribution >= 0.6 is 0 Å². The number of hydrogen-bond donors (Lipinski definition) is 2. The number of fused-ring (bicyclic) bond motifs is 1. The average Bonchev–Trinajstić information content (AvgIpc) is 3.29. The van der Waals surface area contributed by atoms with Crippen LogP contribution in [-0.2, 0) is 20.8 Å². The summed E-state index contributed by atoms with van der Waals surface area (Å²) in [6.45, 7) is 1.21. The standard InChI is InChI=1S/C24H27NO6/c26-10-4-5-11-28-23-14-19(18-8-9-20-21(12-18)30-16-29-20)13-22(31-23)24(27)25-15-17-6-2-1-3-7-17/h1-3,6-9,12-13,19,23,26H,4-5,10-11,14-16H2,(H,25,27)/t19-,23+/m1/s1. The van der Waals surface area contributed by atoms with Crippen LogP contribution in [-0.4, -0.2) is 37.3 Å². The van der Waals surface area contributed by atoms with Gasteiger partial charge in [-0.25, -0.2) is 0 Å². The Kier molecular flexibility index (Phi) is 7.07. The quantitative estimate of drug-likeness (QED) is 0.600. The third kappa shape index (κ3) is 5.57. The molecule has 164 valence electrons. The number of hydrogen-bond acceptors (Lipinski definition) is 6. The fourth-order valence-electron chi connectivity index (χ4n) is 3.59. The summed E-state index contributed by atoms with van der Waals surface area (Å²) >= 11 is 0. The van der Waals surface area contributed by atoms with Gasteiger partial charge in [0, 0.05) is 25.5 Å². The lowest BCUT2D eigenvalue weighted by molar-refractivity contribution is -0.146. The molecule has 2 aliphatic heterocycles. The Morgan fingerprint density at radius 3 is 2.77 bits per heavy atom. The number of rotatable bonds is 9. The van der Waals surface area contributed by atoms with Gasteiger partial charge in [0.2, 0.25) is 13.1 Å². The first-order valence-corrected chi connectivity index (χ1v) is 10.6. The first-order chi connectivity index (χ1) is 15.2. The molecule has 0 fully saturated rings. The minimum Gasteiger partial charge on any atom is -0.459 e. The number of aliphatic hydroxyl groups excluding tert-OH is 1. The van der Waals surface area contributed by atoms with Crippen molar-refractivity contribution in [2.45, 2.75) is 38.0 Å². The van der Waals surface area contributed by atoms with E-state index in [2.05, 4.69) is 5.32 Å². The second-order valence-corrected chi connectivity index (χ2v) is 7.50. The molecule has 2 atom stereocenters. The van der Waals surface area contributed by atoms with Gasteiger partial charge in [0.15, 0.2) is 17.3 Å². The topological polar surface area (TPSA) is 86.3 Å². The number of benzene rings is 2. The van der Waals surface area contributed by atoms with E-state index in [4.69, 9.17) is 24.1 Å². The zero-order valence-electron chi connectivity index (χ0n) is 17.3. The molecule has 4 rings (SSSR count). The van der Waals surface area contributed by atoms with Crippen LogP contribution in [0.25, 0.3) is 0 Å². The third-order valence-corrected chi connectivity index (χ3v) is 5.26. The zero-order valence-corrected chi connectivity index (χ0v) is 17.3. The van der Waals surface area contributed by atoms with Gasteiger partial charge in [-0.1, -0.05) is 36.4 Å². The van der Waals surface area contributed by atoms with E-state index in [9.17, 15) is 4.79 Å². The summed E-state index contributed by atoms with van der Waals surface area (Å²) in [6.07, 6.45) is 3.26. The Morgan fingerprint density at radius 2 is 1.94 bits per heavy atom. The molecule has 0 radical (unpaired) electrons. The van der Waals surface area contributed by atoms with Crippen molar-refractivity contribution in [2.75, 3.05) is 20.0 Å². The van der Waals surface area contributed by atoms with Crippen molar-refractivity contribution in [2.24, 2.45) is 0 Å².